The van der Waals surface area contributed by atoms with Gasteiger partial charge in [-0.1, -0.05) is 0 Å². The van der Waals surface area contributed by atoms with Crippen LogP contribution in [0.4, 0.5) is 0 Å². The molecule has 1 N–H and O–H groups in total. The first-order valence-corrected chi connectivity index (χ1v) is 5.86. The molecule has 0 aromatic rings. The number of ether oxygens (including phenoxy) is 2. The zero-order valence-corrected chi connectivity index (χ0v) is 10.00. The second kappa shape index (κ2) is 8.05. The molecule has 0 bridgehead atoms. The summed E-state index contributed by atoms with van der Waals surface area (Å²) in [6, 6.07) is 0. The van der Waals surface area contributed by atoms with E-state index < -0.39 is 0 Å². The van der Waals surface area contributed by atoms with Gasteiger partial charge in [0.25, 0.3) is 0 Å². The first-order chi connectivity index (χ1) is 7.33. The Morgan fingerprint density at radius 1 is 1.40 bits per heavy atom. The van der Waals surface area contributed by atoms with Gasteiger partial charge in [-0.05, 0) is 26.4 Å². The molecule has 1 rings (SSSR count). The highest BCUT2D eigenvalue weighted by Crippen LogP contribution is 1.97. The molecule has 0 spiro atoms. The predicted octanol–water partition coefficient (Wildman–Crippen LogP) is 0.333. The number of rotatable bonds is 7. The Hall–Kier alpha value is -0.160. The van der Waals surface area contributed by atoms with Crippen LogP contribution in [-0.4, -0.2) is 64.1 Å². The van der Waals surface area contributed by atoms with Crippen molar-refractivity contribution in [2.45, 2.75) is 19.4 Å². The fourth-order valence-corrected chi connectivity index (χ4v) is 1.64. The molecule has 1 atom stereocenters. The maximum atomic E-state index is 5.30. The summed E-state index contributed by atoms with van der Waals surface area (Å²) in [5.41, 5.74) is 0. The molecular formula is C11H24N2O2. The van der Waals surface area contributed by atoms with Crippen LogP contribution in [0.15, 0.2) is 0 Å². The molecule has 1 aliphatic rings. The third kappa shape index (κ3) is 6.10. The molecule has 0 amide bonds. The Labute approximate surface area is 92.9 Å². The summed E-state index contributed by atoms with van der Waals surface area (Å²) in [4.78, 5) is 2.46. The van der Waals surface area contributed by atoms with Crippen molar-refractivity contribution >= 4 is 0 Å². The normalized spacial score (nSPS) is 20.4. The molecule has 15 heavy (non-hydrogen) atoms. The summed E-state index contributed by atoms with van der Waals surface area (Å²) in [5.74, 6) is 0. The van der Waals surface area contributed by atoms with E-state index in [-0.39, 0.29) is 0 Å². The molecule has 0 saturated carbocycles. The van der Waals surface area contributed by atoms with Crippen molar-refractivity contribution < 1.29 is 9.47 Å². The molecular weight excluding hydrogens is 192 g/mol. The van der Waals surface area contributed by atoms with Crippen LogP contribution < -0.4 is 5.32 Å². The minimum atomic E-state index is 0.313. The zero-order chi connectivity index (χ0) is 10.9. The van der Waals surface area contributed by atoms with Crippen molar-refractivity contribution in [1.29, 1.82) is 0 Å². The lowest BCUT2D eigenvalue weighted by molar-refractivity contribution is 0.0373. The molecule has 0 radical (unpaired) electrons. The number of morpholine rings is 1. The number of methoxy groups -OCH3 is 1. The Morgan fingerprint density at radius 3 is 2.80 bits per heavy atom. The highest BCUT2D eigenvalue weighted by Gasteiger charge is 2.08. The summed E-state index contributed by atoms with van der Waals surface area (Å²) in [7, 11) is 1.75. The second-order valence-electron chi connectivity index (χ2n) is 4.06. The topological polar surface area (TPSA) is 33.7 Å². The quantitative estimate of drug-likeness (QED) is 0.622. The number of hydrogen-bond acceptors (Lipinski definition) is 4. The van der Waals surface area contributed by atoms with Crippen molar-refractivity contribution in [2.24, 2.45) is 0 Å². The van der Waals surface area contributed by atoms with Gasteiger partial charge in [0.1, 0.15) is 0 Å². The van der Waals surface area contributed by atoms with E-state index in [9.17, 15) is 0 Å². The lowest BCUT2D eigenvalue weighted by Gasteiger charge is -2.26. The zero-order valence-electron chi connectivity index (χ0n) is 10.00. The molecule has 4 nitrogen and oxygen atoms in total. The van der Waals surface area contributed by atoms with Crippen LogP contribution >= 0.6 is 0 Å². The summed E-state index contributed by atoms with van der Waals surface area (Å²) < 4.78 is 10.5. The largest absolute Gasteiger partial charge is 0.380 e. The second-order valence-corrected chi connectivity index (χ2v) is 4.06. The van der Waals surface area contributed by atoms with Gasteiger partial charge in [-0.3, -0.25) is 4.90 Å². The molecule has 0 aromatic carbocycles. The maximum absolute atomic E-state index is 5.30. The van der Waals surface area contributed by atoms with E-state index in [4.69, 9.17) is 9.47 Å². The molecule has 0 aromatic heterocycles. The van der Waals surface area contributed by atoms with Crippen LogP contribution in [0.3, 0.4) is 0 Å². The third-order valence-electron chi connectivity index (χ3n) is 2.77. The van der Waals surface area contributed by atoms with Crippen LogP contribution in [0.1, 0.15) is 13.3 Å². The monoisotopic (exact) mass is 216 g/mol. The molecule has 1 unspecified atom stereocenters. The van der Waals surface area contributed by atoms with Crippen LogP contribution in [0.5, 0.6) is 0 Å². The summed E-state index contributed by atoms with van der Waals surface area (Å²) >= 11 is 0. The fraction of sp³-hybridized carbons (Fsp3) is 1.00. The highest BCUT2D eigenvalue weighted by molar-refractivity contribution is 4.63. The predicted molar refractivity (Wildman–Crippen MR) is 61.2 cm³/mol. The van der Waals surface area contributed by atoms with Gasteiger partial charge < -0.3 is 14.8 Å². The molecule has 1 fully saturated rings. The molecule has 1 saturated heterocycles. The van der Waals surface area contributed by atoms with Gasteiger partial charge >= 0.3 is 0 Å². The van der Waals surface area contributed by atoms with E-state index >= 15 is 0 Å². The van der Waals surface area contributed by atoms with Gasteiger partial charge in [0.05, 0.1) is 19.3 Å². The first kappa shape index (κ1) is 12.9. The van der Waals surface area contributed by atoms with Gasteiger partial charge in [0, 0.05) is 26.7 Å². The minimum absolute atomic E-state index is 0.313. The van der Waals surface area contributed by atoms with Crippen LogP contribution in [0, 0.1) is 0 Å². The van der Waals surface area contributed by atoms with E-state index in [1.807, 2.05) is 0 Å². The van der Waals surface area contributed by atoms with Crippen molar-refractivity contribution in [2.75, 3.05) is 53.0 Å². The Bertz CT molecular complexity index is 150. The first-order valence-electron chi connectivity index (χ1n) is 5.86. The number of nitrogens with zero attached hydrogens (tertiary/aromatic N) is 1. The fourth-order valence-electron chi connectivity index (χ4n) is 1.64. The maximum Gasteiger partial charge on any atom is 0.0667 e. The average Bonchev–Trinajstić information content (AvgIpc) is 2.29. The Morgan fingerprint density at radius 2 is 2.13 bits per heavy atom. The standard InChI is InChI=1S/C11H24N2O2/c1-11(14-2)10-12-4-3-5-13-6-8-15-9-7-13/h11-12H,3-10H2,1-2H3. The SMILES string of the molecule is COC(C)CNCCCN1CCOCC1. The Kier molecular flexibility index (Phi) is 6.92. The number of nitrogens with one attached hydrogen (secondary N) is 1. The van der Waals surface area contributed by atoms with E-state index in [0.29, 0.717) is 6.10 Å². The van der Waals surface area contributed by atoms with Crippen molar-refractivity contribution in [3.8, 4) is 0 Å². The summed E-state index contributed by atoms with van der Waals surface area (Å²) in [6.45, 7) is 9.25. The van der Waals surface area contributed by atoms with E-state index in [2.05, 4.69) is 17.1 Å². The molecule has 1 heterocycles. The lowest BCUT2D eigenvalue weighted by Crippen LogP contribution is -2.38. The smallest absolute Gasteiger partial charge is 0.0667 e. The molecule has 0 aliphatic carbocycles. The van der Waals surface area contributed by atoms with Crippen LogP contribution in [0.25, 0.3) is 0 Å². The third-order valence-corrected chi connectivity index (χ3v) is 2.77. The van der Waals surface area contributed by atoms with Crippen molar-refractivity contribution in [1.82, 2.24) is 10.2 Å². The van der Waals surface area contributed by atoms with Crippen molar-refractivity contribution in [3.05, 3.63) is 0 Å². The van der Waals surface area contributed by atoms with Gasteiger partial charge in [0.15, 0.2) is 0 Å². The van der Waals surface area contributed by atoms with Crippen LogP contribution in [-0.2, 0) is 9.47 Å². The molecule has 1 aliphatic heterocycles. The van der Waals surface area contributed by atoms with Gasteiger partial charge in [0.2, 0.25) is 0 Å². The lowest BCUT2D eigenvalue weighted by atomic mass is 10.3. The van der Waals surface area contributed by atoms with E-state index in [0.717, 1.165) is 39.4 Å². The highest BCUT2D eigenvalue weighted by atomic mass is 16.5. The summed E-state index contributed by atoms with van der Waals surface area (Å²) in [5, 5.41) is 3.39. The van der Waals surface area contributed by atoms with Crippen LogP contribution in [0.2, 0.25) is 0 Å². The number of hydrogen-bond donors (Lipinski definition) is 1. The average molecular weight is 216 g/mol. The van der Waals surface area contributed by atoms with Gasteiger partial charge in [-0.25, -0.2) is 0 Å². The molecule has 90 valence electrons. The van der Waals surface area contributed by atoms with Crippen molar-refractivity contribution in [3.63, 3.8) is 0 Å². The molecule has 4 heteroatoms. The van der Waals surface area contributed by atoms with E-state index in [1.165, 1.54) is 13.0 Å². The van der Waals surface area contributed by atoms with Gasteiger partial charge in [-0.15, -0.1) is 0 Å². The Balaban J connectivity index is 1.87. The van der Waals surface area contributed by atoms with Gasteiger partial charge in [-0.2, -0.15) is 0 Å². The van der Waals surface area contributed by atoms with E-state index in [1.54, 1.807) is 7.11 Å². The minimum Gasteiger partial charge on any atom is -0.380 e. The summed E-state index contributed by atoms with van der Waals surface area (Å²) in [6.07, 6.45) is 1.52.